The smallest absolute Gasteiger partial charge is 0.245 e. The second-order valence-corrected chi connectivity index (χ2v) is 6.53. The molecule has 0 saturated carbocycles. The summed E-state index contributed by atoms with van der Waals surface area (Å²) in [5, 5.41) is 4.77. The van der Waals surface area contributed by atoms with Crippen molar-refractivity contribution in [2.24, 2.45) is 0 Å². The molecule has 1 aliphatic rings. The van der Waals surface area contributed by atoms with Gasteiger partial charge in [0.2, 0.25) is 11.8 Å². The van der Waals surface area contributed by atoms with Crippen LogP contribution < -0.4 is 16.2 Å². The number of nitrogens with zero attached hydrogens (tertiary/aromatic N) is 1. The SMILES string of the molecule is C/C(=C\C(=O)NCCN1CCOCC1)NNC(=O)Cc1cccs1. The number of carbonyl (C=O) groups is 2. The van der Waals surface area contributed by atoms with Crippen LogP contribution in [0.15, 0.2) is 29.3 Å². The van der Waals surface area contributed by atoms with Crippen molar-refractivity contribution in [3.63, 3.8) is 0 Å². The van der Waals surface area contributed by atoms with Gasteiger partial charge in [0.25, 0.3) is 0 Å². The third kappa shape index (κ3) is 7.12. The summed E-state index contributed by atoms with van der Waals surface area (Å²) in [6, 6.07) is 3.82. The van der Waals surface area contributed by atoms with Gasteiger partial charge in [0.1, 0.15) is 0 Å². The molecule has 0 radical (unpaired) electrons. The van der Waals surface area contributed by atoms with Gasteiger partial charge >= 0.3 is 0 Å². The Morgan fingerprint density at radius 3 is 2.83 bits per heavy atom. The molecule has 0 aromatic carbocycles. The van der Waals surface area contributed by atoms with Crippen molar-refractivity contribution >= 4 is 23.2 Å². The number of allylic oxidation sites excluding steroid dienone is 1. The fourth-order valence-electron chi connectivity index (χ4n) is 2.23. The number of carbonyl (C=O) groups excluding carboxylic acids is 2. The lowest BCUT2D eigenvalue weighted by atomic mass is 10.3. The van der Waals surface area contributed by atoms with Gasteiger partial charge in [0.05, 0.1) is 19.6 Å². The van der Waals surface area contributed by atoms with Crippen molar-refractivity contribution in [3.05, 3.63) is 34.2 Å². The van der Waals surface area contributed by atoms with Crippen molar-refractivity contribution in [1.29, 1.82) is 0 Å². The van der Waals surface area contributed by atoms with Crippen LogP contribution in [0.5, 0.6) is 0 Å². The van der Waals surface area contributed by atoms with E-state index < -0.39 is 0 Å². The number of thiophene rings is 1. The van der Waals surface area contributed by atoms with E-state index in [2.05, 4.69) is 21.1 Å². The lowest BCUT2D eigenvalue weighted by molar-refractivity contribution is -0.121. The van der Waals surface area contributed by atoms with E-state index in [1.807, 2.05) is 17.5 Å². The predicted octanol–water partition coefficient (Wildman–Crippen LogP) is 0.264. The summed E-state index contributed by atoms with van der Waals surface area (Å²) in [5.74, 6) is -0.321. The number of hydrogen-bond donors (Lipinski definition) is 3. The monoisotopic (exact) mass is 352 g/mol. The fraction of sp³-hybridized carbons (Fsp3) is 0.500. The maximum Gasteiger partial charge on any atom is 0.245 e. The van der Waals surface area contributed by atoms with Gasteiger partial charge in [-0.1, -0.05) is 6.07 Å². The Hall–Kier alpha value is -1.90. The highest BCUT2D eigenvalue weighted by Gasteiger charge is 2.09. The normalized spacial score (nSPS) is 15.8. The average molecular weight is 352 g/mol. The van der Waals surface area contributed by atoms with E-state index in [0.29, 0.717) is 18.7 Å². The first-order valence-corrected chi connectivity index (χ1v) is 8.85. The standard InChI is InChI=1S/C16H24N4O3S/c1-13(18-19-16(22)12-14-3-2-10-24-14)11-15(21)17-4-5-20-6-8-23-9-7-20/h2-3,10-11,18H,4-9,12H2,1H3,(H,17,21)(H,19,22)/b13-11+. The Balaban J connectivity index is 1.60. The fourth-order valence-corrected chi connectivity index (χ4v) is 2.93. The second kappa shape index (κ2) is 10.1. The van der Waals surface area contributed by atoms with Gasteiger partial charge in [-0.05, 0) is 18.4 Å². The van der Waals surface area contributed by atoms with Crippen LogP contribution in [0, 0.1) is 0 Å². The Kier molecular flexibility index (Phi) is 7.73. The van der Waals surface area contributed by atoms with Crippen LogP contribution in [0.25, 0.3) is 0 Å². The highest BCUT2D eigenvalue weighted by Crippen LogP contribution is 2.08. The molecular weight excluding hydrogens is 328 g/mol. The van der Waals surface area contributed by atoms with E-state index in [1.165, 1.54) is 17.4 Å². The molecule has 2 rings (SSSR count). The second-order valence-electron chi connectivity index (χ2n) is 5.50. The minimum absolute atomic E-state index is 0.141. The highest BCUT2D eigenvalue weighted by atomic mass is 32.1. The van der Waals surface area contributed by atoms with Crippen LogP contribution in [0.2, 0.25) is 0 Å². The molecule has 0 unspecified atom stereocenters. The molecule has 132 valence electrons. The van der Waals surface area contributed by atoms with Gasteiger partial charge in [-0.15, -0.1) is 11.3 Å². The Morgan fingerprint density at radius 1 is 1.33 bits per heavy atom. The molecule has 1 aromatic heterocycles. The summed E-state index contributed by atoms with van der Waals surface area (Å²) < 4.78 is 5.28. The van der Waals surface area contributed by atoms with Crippen LogP contribution in [0.3, 0.4) is 0 Å². The Labute approximate surface area is 146 Å². The number of morpholine rings is 1. The molecule has 8 heteroatoms. The maximum absolute atomic E-state index is 11.8. The molecule has 3 N–H and O–H groups in total. The molecule has 24 heavy (non-hydrogen) atoms. The minimum atomic E-state index is -0.180. The van der Waals surface area contributed by atoms with E-state index in [4.69, 9.17) is 4.74 Å². The van der Waals surface area contributed by atoms with E-state index in [9.17, 15) is 9.59 Å². The van der Waals surface area contributed by atoms with E-state index in [0.717, 1.165) is 37.7 Å². The number of ether oxygens (including phenoxy) is 1. The van der Waals surface area contributed by atoms with Crippen LogP contribution >= 0.6 is 11.3 Å². The largest absolute Gasteiger partial charge is 0.379 e. The van der Waals surface area contributed by atoms with Crippen molar-refractivity contribution in [1.82, 2.24) is 21.1 Å². The van der Waals surface area contributed by atoms with Gasteiger partial charge in [-0.3, -0.25) is 19.9 Å². The van der Waals surface area contributed by atoms with Gasteiger partial charge in [-0.25, -0.2) is 0 Å². The third-order valence-electron chi connectivity index (χ3n) is 3.49. The highest BCUT2D eigenvalue weighted by molar-refractivity contribution is 7.10. The number of amides is 2. The molecule has 1 aromatic rings. The maximum atomic E-state index is 11.8. The summed E-state index contributed by atoms with van der Waals surface area (Å²) in [6.45, 7) is 6.45. The van der Waals surface area contributed by atoms with Crippen LogP contribution in [-0.2, 0) is 20.7 Å². The van der Waals surface area contributed by atoms with Crippen molar-refractivity contribution in [2.45, 2.75) is 13.3 Å². The van der Waals surface area contributed by atoms with Gasteiger partial charge < -0.3 is 15.5 Å². The lowest BCUT2D eigenvalue weighted by Crippen LogP contribution is -2.41. The number of hydrogen-bond acceptors (Lipinski definition) is 6. The zero-order valence-electron chi connectivity index (χ0n) is 13.8. The van der Waals surface area contributed by atoms with E-state index in [-0.39, 0.29) is 11.8 Å². The first-order valence-electron chi connectivity index (χ1n) is 7.97. The molecular formula is C16H24N4O3S. The Bertz CT molecular complexity index is 554. The van der Waals surface area contributed by atoms with Crippen LogP contribution in [-0.4, -0.2) is 56.1 Å². The predicted molar refractivity (Wildman–Crippen MR) is 93.3 cm³/mol. The van der Waals surface area contributed by atoms with Crippen molar-refractivity contribution in [2.75, 3.05) is 39.4 Å². The topological polar surface area (TPSA) is 82.7 Å². The zero-order valence-corrected chi connectivity index (χ0v) is 14.7. The molecule has 1 fully saturated rings. The number of hydrazine groups is 1. The first-order chi connectivity index (χ1) is 11.6. The average Bonchev–Trinajstić information content (AvgIpc) is 3.07. The van der Waals surface area contributed by atoms with Gasteiger partial charge in [0, 0.05) is 42.8 Å². The molecule has 1 saturated heterocycles. The molecule has 2 heterocycles. The molecule has 0 spiro atoms. The number of rotatable bonds is 8. The molecule has 0 aliphatic carbocycles. The Morgan fingerprint density at radius 2 is 2.12 bits per heavy atom. The van der Waals surface area contributed by atoms with Crippen LogP contribution in [0.1, 0.15) is 11.8 Å². The molecule has 0 atom stereocenters. The summed E-state index contributed by atoms with van der Waals surface area (Å²) in [6.07, 6.45) is 1.76. The van der Waals surface area contributed by atoms with Gasteiger partial charge in [0.15, 0.2) is 0 Å². The molecule has 0 bridgehead atoms. The molecule has 2 amide bonds. The molecule has 1 aliphatic heterocycles. The first kappa shape index (κ1) is 18.4. The number of nitrogens with one attached hydrogen (secondary N) is 3. The zero-order chi connectivity index (χ0) is 17.2. The minimum Gasteiger partial charge on any atom is -0.379 e. The van der Waals surface area contributed by atoms with Gasteiger partial charge in [-0.2, -0.15) is 0 Å². The van der Waals surface area contributed by atoms with Crippen molar-refractivity contribution in [3.8, 4) is 0 Å². The summed E-state index contributed by atoms with van der Waals surface area (Å²) in [7, 11) is 0. The lowest BCUT2D eigenvalue weighted by Gasteiger charge is -2.26. The summed E-state index contributed by atoms with van der Waals surface area (Å²) in [5.41, 5.74) is 5.91. The van der Waals surface area contributed by atoms with Crippen LogP contribution in [0.4, 0.5) is 0 Å². The van der Waals surface area contributed by atoms with Crippen molar-refractivity contribution < 1.29 is 14.3 Å². The third-order valence-corrected chi connectivity index (χ3v) is 4.37. The summed E-state index contributed by atoms with van der Waals surface area (Å²) >= 11 is 1.54. The van der Waals surface area contributed by atoms with E-state index in [1.54, 1.807) is 6.92 Å². The van der Waals surface area contributed by atoms with E-state index >= 15 is 0 Å². The summed E-state index contributed by atoms with van der Waals surface area (Å²) in [4.78, 5) is 26.8. The molecule has 7 nitrogen and oxygen atoms in total. The quantitative estimate of drug-likeness (QED) is 0.462.